The fourth-order valence-electron chi connectivity index (χ4n) is 5.24. The molecular formula is C35H24ClFN4O3. The number of nitrogens with one attached hydrogen (secondary N) is 2. The van der Waals surface area contributed by atoms with Crippen molar-refractivity contribution in [3.8, 4) is 6.07 Å². The molecule has 1 aromatic heterocycles. The van der Waals surface area contributed by atoms with E-state index in [9.17, 15) is 19.2 Å². The average Bonchev–Trinajstić information content (AvgIpc) is 3.43. The summed E-state index contributed by atoms with van der Waals surface area (Å²) in [7, 11) is 0. The third kappa shape index (κ3) is 5.95. The quantitative estimate of drug-likeness (QED) is 0.164. The predicted octanol–water partition coefficient (Wildman–Crippen LogP) is 7.88. The average molecular weight is 603 g/mol. The van der Waals surface area contributed by atoms with Gasteiger partial charge >= 0.3 is 5.97 Å². The second kappa shape index (κ2) is 11.9. The highest BCUT2D eigenvalue weighted by Gasteiger charge is 2.18. The Kier molecular flexibility index (Phi) is 7.71. The summed E-state index contributed by atoms with van der Waals surface area (Å²) in [4.78, 5) is 24.8. The summed E-state index contributed by atoms with van der Waals surface area (Å²) < 4.78 is 16.2. The van der Waals surface area contributed by atoms with Crippen LogP contribution in [0.3, 0.4) is 0 Å². The number of amides is 1. The van der Waals surface area contributed by atoms with Crippen LogP contribution in [0.5, 0.6) is 0 Å². The number of carboxylic acids is 1. The Bertz CT molecular complexity index is 2120. The maximum Gasteiger partial charge on any atom is 0.335 e. The summed E-state index contributed by atoms with van der Waals surface area (Å²) in [6.45, 7) is 0.664. The van der Waals surface area contributed by atoms with Crippen molar-refractivity contribution < 1.29 is 19.1 Å². The molecule has 0 radical (unpaired) electrons. The van der Waals surface area contributed by atoms with Crippen molar-refractivity contribution in [2.45, 2.75) is 13.1 Å². The zero-order valence-electron chi connectivity index (χ0n) is 23.1. The summed E-state index contributed by atoms with van der Waals surface area (Å²) >= 11 is 6.23. The molecule has 1 heterocycles. The van der Waals surface area contributed by atoms with Crippen LogP contribution in [-0.2, 0) is 13.1 Å². The lowest BCUT2D eigenvalue weighted by atomic mass is 10.1. The monoisotopic (exact) mass is 602 g/mol. The summed E-state index contributed by atoms with van der Waals surface area (Å²) in [5.74, 6) is -1.87. The molecule has 44 heavy (non-hydrogen) atoms. The SMILES string of the molecule is N#Cc1cc(F)cc(Nc2ccc(C(=O)NCc3ccc(C(=O)O)cc3)c3c2ccn3Cc2ccc3ccc(Cl)cc3c2)c1. The van der Waals surface area contributed by atoms with Gasteiger partial charge < -0.3 is 20.3 Å². The summed E-state index contributed by atoms with van der Waals surface area (Å²) in [5, 5.41) is 28.0. The molecule has 0 bridgehead atoms. The first-order valence-electron chi connectivity index (χ1n) is 13.7. The predicted molar refractivity (Wildman–Crippen MR) is 169 cm³/mol. The van der Waals surface area contributed by atoms with Gasteiger partial charge in [0.1, 0.15) is 5.82 Å². The number of hydrogen-bond donors (Lipinski definition) is 3. The van der Waals surface area contributed by atoms with Crippen LogP contribution in [0.25, 0.3) is 21.7 Å². The number of carbonyl (C=O) groups excluding carboxylic acids is 1. The van der Waals surface area contributed by atoms with Gasteiger partial charge in [0.05, 0.1) is 28.3 Å². The molecule has 0 atom stereocenters. The van der Waals surface area contributed by atoms with E-state index in [0.717, 1.165) is 33.4 Å². The van der Waals surface area contributed by atoms with Crippen LogP contribution in [0.4, 0.5) is 15.8 Å². The van der Waals surface area contributed by atoms with Crippen LogP contribution in [0.15, 0.2) is 103 Å². The normalized spacial score (nSPS) is 10.9. The molecule has 0 saturated heterocycles. The van der Waals surface area contributed by atoms with Crippen molar-refractivity contribution in [1.82, 2.24) is 9.88 Å². The van der Waals surface area contributed by atoms with Gasteiger partial charge in [-0.3, -0.25) is 4.79 Å². The highest BCUT2D eigenvalue weighted by atomic mass is 35.5. The topological polar surface area (TPSA) is 107 Å². The van der Waals surface area contributed by atoms with Gasteiger partial charge in [-0.25, -0.2) is 9.18 Å². The van der Waals surface area contributed by atoms with E-state index in [4.69, 9.17) is 16.7 Å². The first-order chi connectivity index (χ1) is 21.3. The zero-order chi connectivity index (χ0) is 30.8. The molecule has 7 nitrogen and oxygen atoms in total. The van der Waals surface area contributed by atoms with Gasteiger partial charge in [-0.05, 0) is 88.6 Å². The van der Waals surface area contributed by atoms with E-state index in [0.29, 0.717) is 34.0 Å². The van der Waals surface area contributed by atoms with Crippen molar-refractivity contribution in [3.05, 3.63) is 142 Å². The van der Waals surface area contributed by atoms with Gasteiger partial charge in [0.15, 0.2) is 0 Å². The van der Waals surface area contributed by atoms with Gasteiger partial charge in [0.25, 0.3) is 5.91 Å². The van der Waals surface area contributed by atoms with Crippen molar-refractivity contribution in [2.24, 2.45) is 0 Å². The van der Waals surface area contributed by atoms with Gasteiger partial charge in [0, 0.05) is 41.1 Å². The minimum Gasteiger partial charge on any atom is -0.478 e. The number of aromatic carboxylic acids is 1. The number of rotatable bonds is 8. The Morgan fingerprint density at radius 1 is 0.886 bits per heavy atom. The van der Waals surface area contributed by atoms with Gasteiger partial charge in [0.2, 0.25) is 0 Å². The van der Waals surface area contributed by atoms with E-state index in [2.05, 4.69) is 16.7 Å². The lowest BCUT2D eigenvalue weighted by Crippen LogP contribution is -2.23. The number of nitrogens with zero attached hydrogens (tertiary/aromatic N) is 2. The second-order valence-electron chi connectivity index (χ2n) is 10.3. The number of carboxylic acid groups (broad SMARTS) is 1. The smallest absolute Gasteiger partial charge is 0.335 e. The lowest BCUT2D eigenvalue weighted by molar-refractivity contribution is 0.0696. The molecule has 6 rings (SSSR count). The lowest BCUT2D eigenvalue weighted by Gasteiger charge is -2.15. The van der Waals surface area contributed by atoms with Crippen LogP contribution in [-0.4, -0.2) is 21.6 Å². The molecule has 6 aromatic rings. The van der Waals surface area contributed by atoms with Crippen molar-refractivity contribution in [2.75, 3.05) is 5.32 Å². The molecule has 0 aliphatic carbocycles. The molecular weight excluding hydrogens is 579 g/mol. The highest BCUT2D eigenvalue weighted by molar-refractivity contribution is 6.31. The molecule has 0 aliphatic heterocycles. The fourth-order valence-corrected chi connectivity index (χ4v) is 5.42. The second-order valence-corrected chi connectivity index (χ2v) is 10.8. The molecule has 1 amide bonds. The Morgan fingerprint density at radius 3 is 2.43 bits per heavy atom. The Balaban J connectivity index is 1.37. The van der Waals surface area contributed by atoms with Crippen LogP contribution < -0.4 is 10.6 Å². The number of benzene rings is 5. The standard InChI is InChI=1S/C35H24ClFN4O3/c36-27-8-7-24-4-3-22(13-26(24)16-27)20-41-12-11-30-32(40-29-15-23(18-38)14-28(37)17-29)10-9-31(33(30)41)34(42)39-19-21-1-5-25(6-2-21)35(43)44/h1-17,40H,19-20H2,(H,39,42)(H,43,44). The number of hydrogen-bond acceptors (Lipinski definition) is 4. The minimum atomic E-state index is -1.02. The first-order valence-corrected chi connectivity index (χ1v) is 14.0. The van der Waals surface area contributed by atoms with Gasteiger partial charge in [-0.1, -0.05) is 41.9 Å². The Labute approximate surface area is 256 Å². The fraction of sp³-hybridized carbons (Fsp3) is 0.0571. The largest absolute Gasteiger partial charge is 0.478 e. The van der Waals surface area contributed by atoms with E-state index < -0.39 is 11.8 Å². The van der Waals surface area contributed by atoms with E-state index in [1.807, 2.05) is 53.2 Å². The van der Waals surface area contributed by atoms with Gasteiger partial charge in [-0.15, -0.1) is 0 Å². The van der Waals surface area contributed by atoms with Crippen molar-refractivity contribution >= 4 is 56.5 Å². The number of halogens is 2. The number of fused-ring (bicyclic) bond motifs is 2. The van der Waals surface area contributed by atoms with Gasteiger partial charge in [-0.2, -0.15) is 5.26 Å². The maximum absolute atomic E-state index is 14.2. The number of aromatic nitrogens is 1. The Morgan fingerprint density at radius 2 is 1.66 bits per heavy atom. The molecule has 9 heteroatoms. The van der Waals surface area contributed by atoms with Crippen LogP contribution in [0.2, 0.25) is 5.02 Å². The van der Waals surface area contributed by atoms with Crippen molar-refractivity contribution in [3.63, 3.8) is 0 Å². The van der Waals surface area contributed by atoms with E-state index in [1.54, 1.807) is 30.3 Å². The van der Waals surface area contributed by atoms with Crippen LogP contribution in [0, 0.1) is 17.1 Å². The molecule has 0 unspecified atom stereocenters. The third-order valence-corrected chi connectivity index (χ3v) is 7.58. The van der Waals surface area contributed by atoms with E-state index >= 15 is 0 Å². The maximum atomic E-state index is 14.2. The van der Waals surface area contributed by atoms with E-state index in [-0.39, 0.29) is 23.6 Å². The number of nitriles is 1. The molecule has 0 fully saturated rings. The molecule has 0 saturated carbocycles. The molecule has 0 aliphatic rings. The van der Waals surface area contributed by atoms with Crippen LogP contribution >= 0.6 is 11.6 Å². The first kappa shape index (κ1) is 28.5. The third-order valence-electron chi connectivity index (χ3n) is 7.35. The highest BCUT2D eigenvalue weighted by Crippen LogP contribution is 2.32. The van der Waals surface area contributed by atoms with Crippen LogP contribution in [0.1, 0.15) is 37.4 Å². The molecule has 0 spiro atoms. The molecule has 3 N–H and O–H groups in total. The van der Waals surface area contributed by atoms with E-state index in [1.165, 1.54) is 18.2 Å². The zero-order valence-corrected chi connectivity index (χ0v) is 23.9. The minimum absolute atomic E-state index is 0.166. The summed E-state index contributed by atoms with van der Waals surface area (Å²) in [6.07, 6.45) is 1.89. The van der Waals surface area contributed by atoms with Crippen molar-refractivity contribution in [1.29, 1.82) is 5.26 Å². The molecule has 5 aromatic carbocycles. The summed E-state index contributed by atoms with van der Waals surface area (Å²) in [6, 6.07) is 29.5. The Hall–Kier alpha value is -5.65. The summed E-state index contributed by atoms with van der Waals surface area (Å²) in [5.41, 5.74) is 4.24. The number of carbonyl (C=O) groups is 2. The molecule has 216 valence electrons. The number of anilines is 2.